The molecule has 0 spiro atoms. The molecule has 1 rings (SSSR count). The van der Waals surface area contributed by atoms with Gasteiger partial charge in [-0.1, -0.05) is 6.92 Å². The summed E-state index contributed by atoms with van der Waals surface area (Å²) in [5.74, 6) is 0.716. The lowest BCUT2D eigenvalue weighted by Crippen LogP contribution is -2.40. The third-order valence-electron chi connectivity index (χ3n) is 3.16. The first-order valence-electron chi connectivity index (χ1n) is 5.95. The molecule has 2 N–H and O–H groups in total. The minimum atomic E-state index is -0.372. The molecule has 4 nitrogen and oxygen atoms in total. The second-order valence-electron chi connectivity index (χ2n) is 4.24. The van der Waals surface area contributed by atoms with Crippen LogP contribution in [0.15, 0.2) is 18.5 Å². The molecule has 0 saturated heterocycles. The van der Waals surface area contributed by atoms with Crippen molar-refractivity contribution in [3.63, 3.8) is 0 Å². The summed E-state index contributed by atoms with van der Waals surface area (Å²) in [6.07, 6.45) is 4.28. The van der Waals surface area contributed by atoms with Gasteiger partial charge >= 0.3 is 0 Å². The van der Waals surface area contributed by atoms with E-state index in [-0.39, 0.29) is 11.6 Å². The maximum Gasteiger partial charge on any atom is 0.137 e. The summed E-state index contributed by atoms with van der Waals surface area (Å²) >= 11 is 0. The molecule has 0 radical (unpaired) electrons. The highest BCUT2D eigenvalue weighted by atomic mass is 16.5. The Hall–Kier alpha value is -1.13. The molecule has 96 valence electrons. The summed E-state index contributed by atoms with van der Waals surface area (Å²) in [6, 6.07) is 1.69. The number of pyridine rings is 1. The van der Waals surface area contributed by atoms with Crippen LogP contribution < -0.4 is 10.5 Å². The van der Waals surface area contributed by atoms with E-state index in [0.29, 0.717) is 12.4 Å². The van der Waals surface area contributed by atoms with Gasteiger partial charge in [-0.05, 0) is 31.9 Å². The Morgan fingerprint density at radius 3 is 2.65 bits per heavy atom. The SMILES string of the molecule is CCOC(C)(CC)C(N)c1cncc(OC)c1. The van der Waals surface area contributed by atoms with Gasteiger partial charge in [0.05, 0.1) is 24.9 Å². The van der Waals surface area contributed by atoms with Gasteiger partial charge in [0, 0.05) is 12.8 Å². The van der Waals surface area contributed by atoms with E-state index in [1.165, 1.54) is 0 Å². The van der Waals surface area contributed by atoms with Crippen molar-refractivity contribution >= 4 is 0 Å². The van der Waals surface area contributed by atoms with Crippen molar-refractivity contribution in [2.24, 2.45) is 5.73 Å². The molecule has 0 aromatic carbocycles. The first kappa shape index (κ1) is 13.9. The monoisotopic (exact) mass is 238 g/mol. The smallest absolute Gasteiger partial charge is 0.137 e. The molecular formula is C13H22N2O2. The number of hydrogen-bond donors (Lipinski definition) is 1. The highest BCUT2D eigenvalue weighted by molar-refractivity contribution is 5.27. The van der Waals surface area contributed by atoms with E-state index in [1.807, 2.05) is 19.9 Å². The molecule has 0 aliphatic heterocycles. The number of nitrogens with two attached hydrogens (primary N) is 1. The minimum Gasteiger partial charge on any atom is -0.495 e. The Morgan fingerprint density at radius 2 is 2.12 bits per heavy atom. The minimum absolute atomic E-state index is 0.213. The summed E-state index contributed by atoms with van der Waals surface area (Å²) in [4.78, 5) is 4.12. The van der Waals surface area contributed by atoms with Crippen LogP contribution in [0.1, 0.15) is 38.8 Å². The Labute approximate surface area is 103 Å². The highest BCUT2D eigenvalue weighted by Crippen LogP contribution is 2.30. The number of hydrogen-bond acceptors (Lipinski definition) is 4. The third kappa shape index (κ3) is 3.17. The predicted molar refractivity (Wildman–Crippen MR) is 68.0 cm³/mol. The lowest BCUT2D eigenvalue weighted by molar-refractivity contribution is -0.0473. The van der Waals surface area contributed by atoms with Crippen LogP contribution in [0.25, 0.3) is 0 Å². The number of aromatic nitrogens is 1. The molecule has 1 aromatic heterocycles. The van der Waals surface area contributed by atoms with Crippen molar-refractivity contribution in [1.29, 1.82) is 0 Å². The van der Waals surface area contributed by atoms with Crippen molar-refractivity contribution in [2.45, 2.75) is 38.8 Å². The molecule has 2 unspecified atom stereocenters. The van der Waals surface area contributed by atoms with Gasteiger partial charge in [0.2, 0.25) is 0 Å². The molecule has 1 aromatic rings. The fraction of sp³-hybridized carbons (Fsp3) is 0.615. The zero-order valence-electron chi connectivity index (χ0n) is 11.1. The van der Waals surface area contributed by atoms with Gasteiger partial charge < -0.3 is 15.2 Å². The van der Waals surface area contributed by atoms with Crippen LogP contribution in [-0.4, -0.2) is 24.3 Å². The van der Waals surface area contributed by atoms with Crippen molar-refractivity contribution in [1.82, 2.24) is 4.98 Å². The summed E-state index contributed by atoms with van der Waals surface area (Å²) in [7, 11) is 1.62. The average Bonchev–Trinajstić information content (AvgIpc) is 2.38. The lowest BCUT2D eigenvalue weighted by atomic mass is 9.89. The molecule has 0 aliphatic carbocycles. The van der Waals surface area contributed by atoms with Gasteiger partial charge in [0.1, 0.15) is 5.75 Å². The normalized spacial score (nSPS) is 16.3. The maximum atomic E-state index is 6.27. The van der Waals surface area contributed by atoms with E-state index >= 15 is 0 Å². The standard InChI is InChI=1S/C13H22N2O2/c1-5-13(3,17-6-2)12(14)10-7-11(16-4)9-15-8-10/h7-9,12H,5-6,14H2,1-4H3. The summed E-state index contributed by atoms with van der Waals surface area (Å²) < 4.78 is 10.9. The number of rotatable bonds is 6. The second-order valence-corrected chi connectivity index (χ2v) is 4.24. The van der Waals surface area contributed by atoms with Gasteiger partial charge in [0.15, 0.2) is 0 Å². The largest absolute Gasteiger partial charge is 0.495 e. The molecule has 0 amide bonds. The van der Waals surface area contributed by atoms with Crippen molar-refractivity contribution in [3.05, 3.63) is 24.0 Å². The van der Waals surface area contributed by atoms with Crippen molar-refractivity contribution in [3.8, 4) is 5.75 Å². The van der Waals surface area contributed by atoms with E-state index in [1.54, 1.807) is 19.5 Å². The zero-order valence-corrected chi connectivity index (χ0v) is 11.1. The third-order valence-corrected chi connectivity index (χ3v) is 3.16. The fourth-order valence-electron chi connectivity index (χ4n) is 1.81. The van der Waals surface area contributed by atoms with Crippen LogP contribution in [0.2, 0.25) is 0 Å². The highest BCUT2D eigenvalue weighted by Gasteiger charge is 2.32. The van der Waals surface area contributed by atoms with Crippen molar-refractivity contribution < 1.29 is 9.47 Å². The molecule has 0 bridgehead atoms. The summed E-state index contributed by atoms with van der Waals surface area (Å²) in [5, 5.41) is 0. The summed E-state index contributed by atoms with van der Waals surface area (Å²) in [6.45, 7) is 6.73. The van der Waals surface area contributed by atoms with Gasteiger partial charge in [-0.3, -0.25) is 4.98 Å². The van der Waals surface area contributed by atoms with E-state index in [0.717, 1.165) is 12.0 Å². The lowest BCUT2D eigenvalue weighted by Gasteiger charge is -2.34. The first-order chi connectivity index (χ1) is 8.07. The molecule has 0 aliphatic rings. The van der Waals surface area contributed by atoms with Gasteiger partial charge in [-0.2, -0.15) is 0 Å². The predicted octanol–water partition coefficient (Wildman–Crippen LogP) is 2.30. The van der Waals surface area contributed by atoms with E-state index in [9.17, 15) is 0 Å². The topological polar surface area (TPSA) is 57.4 Å². The number of methoxy groups -OCH3 is 1. The van der Waals surface area contributed by atoms with Crippen molar-refractivity contribution in [2.75, 3.05) is 13.7 Å². The summed E-state index contributed by atoms with van der Waals surface area (Å²) in [5.41, 5.74) is 6.83. The first-order valence-corrected chi connectivity index (χ1v) is 5.95. The number of nitrogens with zero attached hydrogens (tertiary/aromatic N) is 1. The molecule has 0 fully saturated rings. The fourth-order valence-corrected chi connectivity index (χ4v) is 1.81. The quantitative estimate of drug-likeness (QED) is 0.826. The average molecular weight is 238 g/mol. The molecule has 0 saturated carbocycles. The Balaban J connectivity index is 2.96. The Morgan fingerprint density at radius 1 is 1.41 bits per heavy atom. The second kappa shape index (κ2) is 5.98. The van der Waals surface area contributed by atoms with Crippen LogP contribution in [0, 0.1) is 0 Å². The molecule has 4 heteroatoms. The molecular weight excluding hydrogens is 216 g/mol. The van der Waals surface area contributed by atoms with Crippen LogP contribution in [-0.2, 0) is 4.74 Å². The maximum absolute atomic E-state index is 6.27. The van der Waals surface area contributed by atoms with Gasteiger partial charge in [-0.15, -0.1) is 0 Å². The number of ether oxygens (including phenoxy) is 2. The Bertz CT molecular complexity index is 357. The Kier molecular flexibility index (Phi) is 4.90. The zero-order chi connectivity index (χ0) is 12.9. The van der Waals surface area contributed by atoms with Gasteiger partial charge in [-0.25, -0.2) is 0 Å². The van der Waals surface area contributed by atoms with Crippen LogP contribution in [0.3, 0.4) is 0 Å². The van der Waals surface area contributed by atoms with E-state index in [4.69, 9.17) is 15.2 Å². The molecule has 17 heavy (non-hydrogen) atoms. The van der Waals surface area contributed by atoms with E-state index in [2.05, 4.69) is 11.9 Å². The van der Waals surface area contributed by atoms with Gasteiger partial charge in [0.25, 0.3) is 0 Å². The van der Waals surface area contributed by atoms with Crippen LogP contribution >= 0.6 is 0 Å². The van der Waals surface area contributed by atoms with Crippen LogP contribution in [0.5, 0.6) is 5.75 Å². The molecule has 1 heterocycles. The van der Waals surface area contributed by atoms with E-state index < -0.39 is 0 Å². The molecule has 2 atom stereocenters. The van der Waals surface area contributed by atoms with Crippen LogP contribution in [0.4, 0.5) is 0 Å².